The van der Waals surface area contributed by atoms with Crippen molar-refractivity contribution >= 4 is 39.2 Å². The maximum Gasteiger partial charge on any atom is 0.339 e. The van der Waals surface area contributed by atoms with Gasteiger partial charge in [-0.15, -0.1) is 0 Å². The number of aromatic nitrogens is 1. The predicted octanol–water partition coefficient (Wildman–Crippen LogP) is 4.57. The molecule has 1 aromatic heterocycles. The van der Waals surface area contributed by atoms with E-state index < -0.39 is 27.1 Å². The first-order chi connectivity index (χ1) is 22.3. The van der Waals surface area contributed by atoms with E-state index in [0.29, 0.717) is 37.5 Å². The molecule has 4 aromatic rings. The Morgan fingerprint density at radius 1 is 1.06 bits per heavy atom. The summed E-state index contributed by atoms with van der Waals surface area (Å²) in [5.41, 5.74) is 1.54. The van der Waals surface area contributed by atoms with Crippen LogP contribution in [0.1, 0.15) is 50.4 Å². The Hall–Kier alpha value is -5.08. The Balaban J connectivity index is 1.49. The van der Waals surface area contributed by atoms with Gasteiger partial charge in [0.2, 0.25) is 0 Å². The molecule has 1 aliphatic rings. The average molecular weight is 678 g/mol. The highest BCUT2D eigenvalue weighted by atomic mass is 32.2. The third-order valence-corrected chi connectivity index (χ3v) is 9.36. The van der Waals surface area contributed by atoms with Gasteiger partial charge in [-0.2, -0.15) is 8.42 Å². The van der Waals surface area contributed by atoms with Crippen LogP contribution in [0.4, 0.5) is 5.69 Å². The fourth-order valence-electron chi connectivity index (χ4n) is 4.99. The number of allylic oxidation sites excluding steroid dienone is 1. The van der Waals surface area contributed by atoms with Crippen LogP contribution in [0, 0.1) is 17.0 Å². The minimum Gasteiger partial charge on any atom is -0.491 e. The average Bonchev–Trinajstić information content (AvgIpc) is 3.31. The summed E-state index contributed by atoms with van der Waals surface area (Å²) in [5.74, 6) is 0.0581. The number of aryl methyl sites for hydroxylation is 1. The molecule has 0 fully saturated rings. The highest BCUT2D eigenvalue weighted by molar-refractivity contribution is 7.87. The maximum absolute atomic E-state index is 13.9. The number of carbonyl (C=O) groups excluding carboxylic acids is 1. The first kappa shape index (κ1) is 33.3. The zero-order chi connectivity index (χ0) is 34.0. The second kappa shape index (κ2) is 13.3. The van der Waals surface area contributed by atoms with Crippen LogP contribution in [-0.2, 0) is 19.6 Å². The molecular weight excluding hydrogens is 647 g/mol. The standard InChI is InChI=1S/C33H31N3O9S2/c1-6-43-32(38)29-21(5)34-33-35(30(29)23-10-14-24(15-11-23)44-19(2)3)31(37)28(46-33)17-22-8-12-25(13-9-22)45-47(41,42)26-16-7-20(4)27(18-26)36(39)40/h7-19,30H,6H2,1-5H3/b28-17-/t30-/m0/s1. The van der Waals surface area contributed by atoms with Crippen molar-refractivity contribution in [1.29, 1.82) is 0 Å². The Morgan fingerprint density at radius 3 is 2.34 bits per heavy atom. The lowest BCUT2D eigenvalue weighted by Gasteiger charge is -2.25. The molecule has 244 valence electrons. The Morgan fingerprint density at radius 2 is 1.72 bits per heavy atom. The number of benzene rings is 3. The molecule has 0 saturated carbocycles. The van der Waals surface area contributed by atoms with Gasteiger partial charge < -0.3 is 13.7 Å². The number of rotatable bonds is 10. The van der Waals surface area contributed by atoms with Crippen LogP contribution in [0.25, 0.3) is 6.08 Å². The second-order valence-corrected chi connectivity index (χ2v) is 13.4. The largest absolute Gasteiger partial charge is 0.491 e. The monoisotopic (exact) mass is 677 g/mol. The molecule has 47 heavy (non-hydrogen) atoms. The summed E-state index contributed by atoms with van der Waals surface area (Å²) in [7, 11) is -4.36. The zero-order valence-corrected chi connectivity index (χ0v) is 27.8. The smallest absolute Gasteiger partial charge is 0.339 e. The van der Waals surface area contributed by atoms with E-state index in [2.05, 4.69) is 4.99 Å². The number of thiazole rings is 1. The van der Waals surface area contributed by atoms with E-state index in [4.69, 9.17) is 13.7 Å². The molecule has 0 aliphatic carbocycles. The van der Waals surface area contributed by atoms with Gasteiger partial charge in [0.15, 0.2) is 4.80 Å². The summed E-state index contributed by atoms with van der Waals surface area (Å²) >= 11 is 1.15. The summed E-state index contributed by atoms with van der Waals surface area (Å²) in [5, 5.41) is 11.3. The molecule has 0 amide bonds. The van der Waals surface area contributed by atoms with Crippen LogP contribution >= 0.6 is 11.3 Å². The minimum atomic E-state index is -4.36. The number of fused-ring (bicyclic) bond motifs is 1. The van der Waals surface area contributed by atoms with Crippen molar-refractivity contribution in [2.45, 2.75) is 51.7 Å². The molecule has 0 unspecified atom stereocenters. The number of nitrogens with zero attached hydrogens (tertiary/aromatic N) is 3. The van der Waals surface area contributed by atoms with Crippen LogP contribution in [0.3, 0.4) is 0 Å². The fraction of sp³-hybridized carbons (Fsp3) is 0.242. The molecule has 12 nitrogen and oxygen atoms in total. The predicted molar refractivity (Wildman–Crippen MR) is 175 cm³/mol. The van der Waals surface area contributed by atoms with Crippen molar-refractivity contribution in [2.24, 2.45) is 4.99 Å². The summed E-state index contributed by atoms with van der Waals surface area (Å²) in [6.07, 6.45) is 1.60. The molecule has 1 aliphatic heterocycles. The lowest BCUT2D eigenvalue weighted by atomic mass is 9.96. The third-order valence-electron chi connectivity index (χ3n) is 7.13. The molecule has 2 heterocycles. The van der Waals surface area contributed by atoms with Crippen molar-refractivity contribution in [1.82, 2.24) is 4.57 Å². The highest BCUT2D eigenvalue weighted by Crippen LogP contribution is 2.32. The van der Waals surface area contributed by atoms with Gasteiger partial charge >= 0.3 is 16.1 Å². The molecule has 0 N–H and O–H groups in total. The second-order valence-electron chi connectivity index (χ2n) is 10.8. The number of esters is 1. The molecule has 1 atom stereocenters. The van der Waals surface area contributed by atoms with E-state index >= 15 is 0 Å². The lowest BCUT2D eigenvalue weighted by molar-refractivity contribution is -0.385. The van der Waals surface area contributed by atoms with E-state index in [9.17, 15) is 28.1 Å². The molecular formula is C33H31N3O9S2. The summed E-state index contributed by atoms with van der Waals surface area (Å²) in [6, 6.07) is 15.9. The molecule has 0 saturated heterocycles. The SMILES string of the molecule is CCOC(=O)C1=C(C)N=c2s/c(=C\c3ccc(OS(=O)(=O)c4ccc(C)c([N+](=O)[O-])c4)cc3)c(=O)n2[C@H]1c1ccc(OC(C)C)cc1. The van der Waals surface area contributed by atoms with Gasteiger partial charge in [0, 0.05) is 11.6 Å². The summed E-state index contributed by atoms with van der Waals surface area (Å²) in [6.45, 7) is 8.90. The highest BCUT2D eigenvalue weighted by Gasteiger charge is 2.33. The van der Waals surface area contributed by atoms with Crippen LogP contribution in [0.5, 0.6) is 11.5 Å². The van der Waals surface area contributed by atoms with Gasteiger partial charge in [0.1, 0.15) is 16.4 Å². The van der Waals surface area contributed by atoms with Crippen molar-refractivity contribution in [3.8, 4) is 11.5 Å². The summed E-state index contributed by atoms with van der Waals surface area (Å²) in [4.78, 5) is 42.3. The van der Waals surface area contributed by atoms with Crippen molar-refractivity contribution in [3.05, 3.63) is 124 Å². The molecule has 5 rings (SSSR count). The molecule has 0 bridgehead atoms. The van der Waals surface area contributed by atoms with Crippen molar-refractivity contribution in [2.75, 3.05) is 6.61 Å². The van der Waals surface area contributed by atoms with Gasteiger partial charge in [-0.3, -0.25) is 19.5 Å². The number of hydrogen-bond donors (Lipinski definition) is 0. The number of nitro groups is 1. The molecule has 14 heteroatoms. The number of hydrogen-bond acceptors (Lipinski definition) is 11. The molecule has 0 spiro atoms. The van der Waals surface area contributed by atoms with Gasteiger partial charge in [0.25, 0.3) is 11.2 Å². The van der Waals surface area contributed by atoms with Crippen LogP contribution < -0.4 is 23.8 Å². The Labute approximate surface area is 274 Å². The topological polar surface area (TPSA) is 156 Å². The van der Waals surface area contributed by atoms with Crippen LogP contribution in [0.2, 0.25) is 0 Å². The van der Waals surface area contributed by atoms with E-state index in [-0.39, 0.29) is 40.2 Å². The number of nitro benzene ring substituents is 1. The van der Waals surface area contributed by atoms with E-state index in [1.54, 1.807) is 56.3 Å². The molecule has 0 radical (unpaired) electrons. The zero-order valence-electron chi connectivity index (χ0n) is 26.1. The summed E-state index contributed by atoms with van der Waals surface area (Å²) < 4.78 is 43.8. The van der Waals surface area contributed by atoms with E-state index in [1.807, 2.05) is 13.8 Å². The van der Waals surface area contributed by atoms with Crippen LogP contribution in [0.15, 0.2) is 92.7 Å². The molecule has 3 aromatic carbocycles. The quantitative estimate of drug-likeness (QED) is 0.102. The van der Waals surface area contributed by atoms with E-state index in [1.165, 1.54) is 35.8 Å². The number of ether oxygens (including phenoxy) is 2. The van der Waals surface area contributed by atoms with Gasteiger partial charge in [-0.05, 0) is 82.2 Å². The van der Waals surface area contributed by atoms with Gasteiger partial charge in [0.05, 0.1) is 39.5 Å². The first-order valence-corrected chi connectivity index (χ1v) is 16.8. The minimum absolute atomic E-state index is 0.0218. The Bertz CT molecular complexity index is 2180. The normalized spacial score (nSPS) is 14.9. The lowest BCUT2D eigenvalue weighted by Crippen LogP contribution is -2.39. The van der Waals surface area contributed by atoms with Gasteiger partial charge in [-0.1, -0.05) is 41.7 Å². The fourth-order valence-corrected chi connectivity index (χ4v) is 6.99. The van der Waals surface area contributed by atoms with Crippen molar-refractivity contribution < 1.29 is 31.8 Å². The maximum atomic E-state index is 13.9. The third kappa shape index (κ3) is 7.03. The number of carbonyl (C=O) groups is 1. The van der Waals surface area contributed by atoms with E-state index in [0.717, 1.165) is 17.4 Å². The Kier molecular flexibility index (Phi) is 9.45. The first-order valence-electron chi connectivity index (χ1n) is 14.5. The van der Waals surface area contributed by atoms with Gasteiger partial charge in [-0.25, -0.2) is 9.79 Å². The van der Waals surface area contributed by atoms with Crippen LogP contribution in [-0.4, -0.2) is 36.6 Å². The van der Waals surface area contributed by atoms with Crippen molar-refractivity contribution in [3.63, 3.8) is 0 Å².